The molecule has 0 aliphatic carbocycles. The topological polar surface area (TPSA) is 44.8 Å². The molecule has 2 amide bonds. The molecule has 0 atom stereocenters. The molecule has 1 aliphatic rings. The maximum atomic E-state index is 12.6. The third-order valence-electron chi connectivity index (χ3n) is 4.75. The highest BCUT2D eigenvalue weighted by Gasteiger charge is 2.23. The summed E-state index contributed by atoms with van der Waals surface area (Å²) >= 11 is 6.13. The van der Waals surface area contributed by atoms with E-state index in [0.29, 0.717) is 18.1 Å². The lowest BCUT2D eigenvalue weighted by Crippen LogP contribution is -2.50. The quantitative estimate of drug-likeness (QED) is 0.871. The lowest BCUT2D eigenvalue weighted by atomic mass is 10.1. The summed E-state index contributed by atoms with van der Waals surface area (Å²) in [5.41, 5.74) is 3.91. The second-order valence-electron chi connectivity index (χ2n) is 6.49. The number of rotatable bonds is 3. The molecule has 0 spiro atoms. The summed E-state index contributed by atoms with van der Waals surface area (Å²) in [7, 11) is 1.69. The van der Waals surface area contributed by atoms with Gasteiger partial charge in [-0.1, -0.05) is 23.7 Å². The van der Waals surface area contributed by atoms with Gasteiger partial charge in [-0.2, -0.15) is 0 Å². The molecule has 5 nitrogen and oxygen atoms in total. The Labute approximate surface area is 159 Å². The number of nitrogens with zero attached hydrogens (tertiary/aromatic N) is 2. The molecule has 1 fully saturated rings. The van der Waals surface area contributed by atoms with Gasteiger partial charge in [-0.3, -0.25) is 0 Å². The predicted octanol–water partition coefficient (Wildman–Crippen LogP) is 4.32. The second kappa shape index (κ2) is 7.87. The number of nitrogens with one attached hydrogen (secondary N) is 1. The highest BCUT2D eigenvalue weighted by Crippen LogP contribution is 2.30. The van der Waals surface area contributed by atoms with E-state index in [4.69, 9.17) is 16.3 Å². The fraction of sp³-hybridized carbons (Fsp3) is 0.350. The van der Waals surface area contributed by atoms with E-state index < -0.39 is 0 Å². The van der Waals surface area contributed by atoms with Crippen LogP contribution in [0.2, 0.25) is 5.02 Å². The van der Waals surface area contributed by atoms with Crippen LogP contribution in [-0.2, 0) is 0 Å². The van der Waals surface area contributed by atoms with Crippen molar-refractivity contribution in [2.45, 2.75) is 13.8 Å². The van der Waals surface area contributed by atoms with Gasteiger partial charge < -0.3 is 19.9 Å². The van der Waals surface area contributed by atoms with E-state index in [0.717, 1.165) is 35.8 Å². The van der Waals surface area contributed by atoms with Gasteiger partial charge in [0.25, 0.3) is 0 Å². The number of amides is 2. The Morgan fingerprint density at radius 1 is 1.12 bits per heavy atom. The minimum atomic E-state index is -0.0915. The maximum absolute atomic E-state index is 12.6. The van der Waals surface area contributed by atoms with Crippen LogP contribution in [0, 0.1) is 13.8 Å². The van der Waals surface area contributed by atoms with Crippen molar-refractivity contribution in [3.63, 3.8) is 0 Å². The van der Waals surface area contributed by atoms with E-state index in [1.807, 2.05) is 42.2 Å². The summed E-state index contributed by atoms with van der Waals surface area (Å²) in [4.78, 5) is 16.7. The van der Waals surface area contributed by atoms with E-state index >= 15 is 0 Å². The number of aryl methyl sites for hydroxylation is 1. The molecule has 1 aliphatic heterocycles. The predicted molar refractivity (Wildman–Crippen MR) is 107 cm³/mol. The molecule has 0 aromatic heterocycles. The Bertz CT molecular complexity index is 802. The summed E-state index contributed by atoms with van der Waals surface area (Å²) < 4.78 is 5.48. The SMILES string of the molecule is COc1ccc(C)cc1N1CCN(C(=O)Nc2cccc(Cl)c2C)CC1. The van der Waals surface area contributed by atoms with Crippen molar-refractivity contribution < 1.29 is 9.53 Å². The summed E-state index contributed by atoms with van der Waals surface area (Å²) in [6.07, 6.45) is 0. The molecule has 6 heteroatoms. The lowest BCUT2D eigenvalue weighted by molar-refractivity contribution is 0.208. The van der Waals surface area contributed by atoms with Crippen molar-refractivity contribution in [3.8, 4) is 5.75 Å². The van der Waals surface area contributed by atoms with Crippen molar-refractivity contribution in [2.75, 3.05) is 43.5 Å². The van der Waals surface area contributed by atoms with E-state index in [2.05, 4.69) is 23.2 Å². The van der Waals surface area contributed by atoms with Gasteiger partial charge in [0.1, 0.15) is 5.75 Å². The first-order chi connectivity index (χ1) is 12.5. The van der Waals surface area contributed by atoms with Crippen LogP contribution in [0.5, 0.6) is 5.75 Å². The van der Waals surface area contributed by atoms with Crippen molar-refractivity contribution in [2.24, 2.45) is 0 Å². The normalized spacial score (nSPS) is 14.3. The minimum Gasteiger partial charge on any atom is -0.495 e. The average molecular weight is 374 g/mol. The molecule has 0 bridgehead atoms. The van der Waals surface area contributed by atoms with Crippen molar-refractivity contribution >= 4 is 29.0 Å². The summed E-state index contributed by atoms with van der Waals surface area (Å²) in [5, 5.41) is 3.62. The molecule has 1 N–H and O–H groups in total. The molecule has 1 heterocycles. The van der Waals surface area contributed by atoms with E-state index in [1.54, 1.807) is 7.11 Å². The number of halogens is 1. The number of hydrogen-bond acceptors (Lipinski definition) is 3. The highest BCUT2D eigenvalue weighted by molar-refractivity contribution is 6.31. The standard InChI is InChI=1S/C20H24ClN3O2/c1-14-7-8-19(26-3)18(13-14)23-9-11-24(12-10-23)20(25)22-17-6-4-5-16(21)15(17)2/h4-8,13H,9-12H2,1-3H3,(H,22,25). The molecule has 0 saturated carbocycles. The van der Waals surface area contributed by atoms with Crippen molar-refractivity contribution in [1.29, 1.82) is 0 Å². The Hall–Kier alpha value is -2.40. The van der Waals surface area contributed by atoms with Gasteiger partial charge in [0, 0.05) is 36.9 Å². The summed E-state index contributed by atoms with van der Waals surface area (Å²) in [5.74, 6) is 0.864. The van der Waals surface area contributed by atoms with Crippen LogP contribution in [0.15, 0.2) is 36.4 Å². The number of ether oxygens (including phenoxy) is 1. The fourth-order valence-corrected chi connectivity index (χ4v) is 3.31. The second-order valence-corrected chi connectivity index (χ2v) is 6.90. The van der Waals surface area contributed by atoms with Crippen LogP contribution in [0.25, 0.3) is 0 Å². The van der Waals surface area contributed by atoms with Crippen LogP contribution in [-0.4, -0.2) is 44.2 Å². The zero-order valence-corrected chi connectivity index (χ0v) is 16.1. The number of carbonyl (C=O) groups excluding carboxylic acids is 1. The van der Waals surface area contributed by atoms with E-state index in [1.165, 1.54) is 5.56 Å². The van der Waals surface area contributed by atoms with Gasteiger partial charge in [-0.15, -0.1) is 0 Å². The number of anilines is 2. The lowest BCUT2D eigenvalue weighted by Gasteiger charge is -2.36. The molecule has 0 unspecified atom stereocenters. The van der Waals surface area contributed by atoms with E-state index in [9.17, 15) is 4.79 Å². The number of carbonyl (C=O) groups is 1. The Balaban J connectivity index is 1.64. The van der Waals surface area contributed by atoms with Crippen LogP contribution in [0.3, 0.4) is 0 Å². The molecule has 0 radical (unpaired) electrons. The average Bonchev–Trinajstić information content (AvgIpc) is 2.65. The monoisotopic (exact) mass is 373 g/mol. The van der Waals surface area contributed by atoms with Gasteiger partial charge in [0.2, 0.25) is 0 Å². The van der Waals surface area contributed by atoms with E-state index in [-0.39, 0.29) is 6.03 Å². The summed E-state index contributed by atoms with van der Waals surface area (Å²) in [6, 6.07) is 11.6. The first kappa shape index (κ1) is 18.4. The molecular weight excluding hydrogens is 350 g/mol. The molecule has 2 aromatic carbocycles. The Morgan fingerprint density at radius 3 is 2.54 bits per heavy atom. The fourth-order valence-electron chi connectivity index (χ4n) is 3.13. The molecule has 3 rings (SSSR count). The first-order valence-corrected chi connectivity index (χ1v) is 9.08. The number of piperazine rings is 1. The maximum Gasteiger partial charge on any atom is 0.321 e. The molecule has 2 aromatic rings. The van der Waals surface area contributed by atoms with Crippen molar-refractivity contribution in [1.82, 2.24) is 4.90 Å². The van der Waals surface area contributed by atoms with Crippen LogP contribution in [0.1, 0.15) is 11.1 Å². The molecule has 138 valence electrons. The van der Waals surface area contributed by atoms with Gasteiger partial charge >= 0.3 is 6.03 Å². The zero-order chi connectivity index (χ0) is 18.7. The van der Waals surface area contributed by atoms with Crippen molar-refractivity contribution in [3.05, 3.63) is 52.5 Å². The Kier molecular flexibility index (Phi) is 5.57. The third-order valence-corrected chi connectivity index (χ3v) is 5.16. The number of methoxy groups -OCH3 is 1. The van der Waals surface area contributed by atoms with Gasteiger partial charge in [0.05, 0.1) is 12.8 Å². The smallest absolute Gasteiger partial charge is 0.321 e. The Morgan fingerprint density at radius 2 is 1.85 bits per heavy atom. The third kappa shape index (κ3) is 3.88. The van der Waals surface area contributed by atoms with Gasteiger partial charge in [-0.25, -0.2) is 4.79 Å². The number of hydrogen-bond donors (Lipinski definition) is 1. The zero-order valence-electron chi connectivity index (χ0n) is 15.4. The number of benzene rings is 2. The molecular formula is C20H24ClN3O2. The molecule has 26 heavy (non-hydrogen) atoms. The highest BCUT2D eigenvalue weighted by atomic mass is 35.5. The number of urea groups is 1. The van der Waals surface area contributed by atoms with Crippen LogP contribution >= 0.6 is 11.6 Å². The summed E-state index contributed by atoms with van der Waals surface area (Å²) in [6.45, 7) is 6.81. The largest absolute Gasteiger partial charge is 0.495 e. The van der Waals surface area contributed by atoms with Crippen LogP contribution < -0.4 is 15.0 Å². The van der Waals surface area contributed by atoms with Crippen LogP contribution in [0.4, 0.5) is 16.2 Å². The first-order valence-electron chi connectivity index (χ1n) is 8.70. The molecule has 1 saturated heterocycles. The van der Waals surface area contributed by atoms with Gasteiger partial charge in [-0.05, 0) is 49.2 Å². The van der Waals surface area contributed by atoms with Gasteiger partial charge in [0.15, 0.2) is 0 Å². The minimum absolute atomic E-state index is 0.0915.